The summed E-state index contributed by atoms with van der Waals surface area (Å²) in [4.78, 5) is 0. The summed E-state index contributed by atoms with van der Waals surface area (Å²) >= 11 is 0. The first-order valence-electron chi connectivity index (χ1n) is 9.27. The molecule has 0 fully saturated rings. The quantitative estimate of drug-likeness (QED) is 0.615. The molecule has 0 saturated heterocycles. The highest BCUT2D eigenvalue weighted by Crippen LogP contribution is 2.25. The first-order valence-corrected chi connectivity index (χ1v) is 10.9. The maximum atomic E-state index is 11.7. The van der Waals surface area contributed by atoms with E-state index in [-0.39, 0.29) is 5.75 Å². The van der Waals surface area contributed by atoms with Crippen molar-refractivity contribution in [3.8, 4) is 17.3 Å². The lowest BCUT2D eigenvalue weighted by atomic mass is 10.1. The molecule has 0 aliphatic carbocycles. The normalized spacial score (nSPS) is 11.1. The number of rotatable bonds is 8. The molecule has 2 aromatic carbocycles. The lowest BCUT2D eigenvalue weighted by Gasteiger charge is -2.12. The molecule has 0 atom stereocenters. The van der Waals surface area contributed by atoms with Crippen LogP contribution in [0.1, 0.15) is 24.6 Å². The highest BCUT2D eigenvalue weighted by Gasteiger charge is 2.11. The summed E-state index contributed by atoms with van der Waals surface area (Å²) in [5, 5.41) is 9.45. The molecule has 0 bridgehead atoms. The zero-order valence-electron chi connectivity index (χ0n) is 15.8. The molecule has 0 spiro atoms. The van der Waals surface area contributed by atoms with Crippen molar-refractivity contribution >= 4 is 15.7 Å². The van der Waals surface area contributed by atoms with E-state index in [0.717, 1.165) is 30.6 Å². The van der Waals surface area contributed by atoms with Gasteiger partial charge < -0.3 is 4.57 Å². The number of aromatic nitrogens is 1. The summed E-state index contributed by atoms with van der Waals surface area (Å²) in [5.74, 6) is 0.0323. The van der Waals surface area contributed by atoms with Gasteiger partial charge in [-0.1, -0.05) is 42.5 Å². The number of benzene rings is 2. The SMILES string of the molecule is CCS(=O)(=O)Nc1ccc(-c2ccc(C#N)n2CCCc2ccccc2)cc1. The Morgan fingerprint density at radius 2 is 1.71 bits per heavy atom. The Kier molecular flexibility index (Phi) is 6.17. The van der Waals surface area contributed by atoms with Crippen LogP contribution in [0.2, 0.25) is 0 Å². The largest absolute Gasteiger partial charge is 0.332 e. The molecule has 5 nitrogen and oxygen atoms in total. The third kappa shape index (κ3) is 4.81. The second-order valence-electron chi connectivity index (χ2n) is 6.54. The molecule has 28 heavy (non-hydrogen) atoms. The van der Waals surface area contributed by atoms with Gasteiger partial charge in [-0.05, 0) is 55.2 Å². The van der Waals surface area contributed by atoms with Gasteiger partial charge in [-0.2, -0.15) is 5.26 Å². The van der Waals surface area contributed by atoms with Gasteiger partial charge in [0.05, 0.1) is 5.75 Å². The van der Waals surface area contributed by atoms with Crippen LogP contribution in [-0.2, 0) is 23.0 Å². The van der Waals surface area contributed by atoms with E-state index in [1.54, 1.807) is 19.1 Å². The van der Waals surface area contributed by atoms with Crippen molar-refractivity contribution in [1.29, 1.82) is 5.26 Å². The van der Waals surface area contributed by atoms with Gasteiger partial charge in [0.15, 0.2) is 0 Å². The molecule has 144 valence electrons. The van der Waals surface area contributed by atoms with Crippen molar-refractivity contribution in [3.63, 3.8) is 0 Å². The average molecular weight is 394 g/mol. The molecule has 0 aliphatic rings. The summed E-state index contributed by atoms with van der Waals surface area (Å²) in [6, 6.07) is 23.5. The number of anilines is 1. The van der Waals surface area contributed by atoms with E-state index in [2.05, 4.69) is 22.9 Å². The van der Waals surface area contributed by atoms with Crippen molar-refractivity contribution in [1.82, 2.24) is 4.57 Å². The highest BCUT2D eigenvalue weighted by molar-refractivity contribution is 7.92. The lowest BCUT2D eigenvalue weighted by Crippen LogP contribution is -2.14. The van der Waals surface area contributed by atoms with Crippen LogP contribution in [0.3, 0.4) is 0 Å². The van der Waals surface area contributed by atoms with Crippen LogP contribution in [0.25, 0.3) is 11.3 Å². The number of aryl methyl sites for hydroxylation is 1. The van der Waals surface area contributed by atoms with Gasteiger partial charge in [0.2, 0.25) is 10.0 Å². The fraction of sp³-hybridized carbons (Fsp3) is 0.227. The molecule has 1 heterocycles. The second-order valence-corrected chi connectivity index (χ2v) is 8.55. The Morgan fingerprint density at radius 3 is 2.36 bits per heavy atom. The third-order valence-electron chi connectivity index (χ3n) is 4.62. The van der Waals surface area contributed by atoms with Crippen molar-refractivity contribution in [3.05, 3.63) is 78.0 Å². The number of sulfonamides is 1. The standard InChI is InChI=1S/C22H23N3O2S/c1-2-28(26,27)24-20-12-10-19(11-13-20)22-15-14-21(17-23)25(22)16-6-9-18-7-4-3-5-8-18/h3-5,7-8,10-15,24H,2,6,9,16H2,1H3. The number of hydrogen-bond acceptors (Lipinski definition) is 3. The van der Waals surface area contributed by atoms with Gasteiger partial charge in [-0.25, -0.2) is 8.42 Å². The Balaban J connectivity index is 1.77. The Labute approximate surface area is 166 Å². The molecule has 6 heteroatoms. The minimum atomic E-state index is -3.29. The molecule has 0 aliphatic heterocycles. The van der Waals surface area contributed by atoms with Crippen molar-refractivity contribution in [2.75, 3.05) is 10.5 Å². The molecule has 0 unspecified atom stereocenters. The number of nitrogens with one attached hydrogen (secondary N) is 1. The Bertz CT molecular complexity index is 1060. The first kappa shape index (κ1) is 19.7. The zero-order valence-corrected chi connectivity index (χ0v) is 16.6. The predicted octanol–water partition coefficient (Wildman–Crippen LogP) is 4.42. The summed E-state index contributed by atoms with van der Waals surface area (Å²) in [5.41, 5.74) is 4.34. The smallest absolute Gasteiger partial charge is 0.232 e. The van der Waals surface area contributed by atoms with E-state index in [9.17, 15) is 13.7 Å². The van der Waals surface area contributed by atoms with Crippen molar-refractivity contribution < 1.29 is 8.42 Å². The van der Waals surface area contributed by atoms with E-state index in [0.29, 0.717) is 11.4 Å². The molecule has 1 aromatic heterocycles. The number of nitriles is 1. The summed E-state index contributed by atoms with van der Waals surface area (Å²) in [6.07, 6.45) is 1.87. The van der Waals surface area contributed by atoms with E-state index >= 15 is 0 Å². The van der Waals surface area contributed by atoms with Crippen LogP contribution < -0.4 is 4.72 Å². The van der Waals surface area contributed by atoms with Gasteiger partial charge in [0.1, 0.15) is 11.8 Å². The Morgan fingerprint density at radius 1 is 1.00 bits per heavy atom. The van der Waals surface area contributed by atoms with Gasteiger partial charge >= 0.3 is 0 Å². The minimum absolute atomic E-state index is 0.0323. The summed E-state index contributed by atoms with van der Waals surface area (Å²) in [6.45, 7) is 2.34. The number of nitrogens with zero attached hydrogens (tertiary/aromatic N) is 2. The fourth-order valence-electron chi connectivity index (χ4n) is 3.10. The van der Waals surface area contributed by atoms with E-state index in [1.165, 1.54) is 5.56 Å². The molecule has 1 N–H and O–H groups in total. The summed E-state index contributed by atoms with van der Waals surface area (Å²) < 4.78 is 28.0. The Hall–Kier alpha value is -3.04. The minimum Gasteiger partial charge on any atom is -0.332 e. The molecule has 0 saturated carbocycles. The fourth-order valence-corrected chi connectivity index (χ4v) is 3.74. The van der Waals surface area contributed by atoms with E-state index in [4.69, 9.17) is 0 Å². The third-order valence-corrected chi connectivity index (χ3v) is 5.93. The maximum absolute atomic E-state index is 11.7. The molecule has 0 radical (unpaired) electrons. The van der Waals surface area contributed by atoms with E-state index < -0.39 is 10.0 Å². The molecular formula is C22H23N3O2S. The van der Waals surface area contributed by atoms with Crippen molar-refractivity contribution in [2.24, 2.45) is 0 Å². The van der Waals surface area contributed by atoms with Crippen LogP contribution in [0.15, 0.2) is 66.7 Å². The molecule has 0 amide bonds. The lowest BCUT2D eigenvalue weighted by molar-refractivity contribution is 0.602. The van der Waals surface area contributed by atoms with Gasteiger partial charge in [0, 0.05) is 17.9 Å². The van der Waals surface area contributed by atoms with Crippen LogP contribution in [-0.4, -0.2) is 18.7 Å². The topological polar surface area (TPSA) is 74.9 Å². The van der Waals surface area contributed by atoms with Crippen LogP contribution in [0.4, 0.5) is 5.69 Å². The van der Waals surface area contributed by atoms with Crippen LogP contribution >= 0.6 is 0 Å². The zero-order chi connectivity index (χ0) is 20.0. The number of hydrogen-bond donors (Lipinski definition) is 1. The average Bonchev–Trinajstić information content (AvgIpc) is 3.12. The first-order chi connectivity index (χ1) is 13.5. The van der Waals surface area contributed by atoms with Gasteiger partial charge in [-0.15, -0.1) is 0 Å². The van der Waals surface area contributed by atoms with Crippen LogP contribution in [0, 0.1) is 11.3 Å². The highest BCUT2D eigenvalue weighted by atomic mass is 32.2. The molecule has 3 rings (SSSR count). The second kappa shape index (κ2) is 8.77. The maximum Gasteiger partial charge on any atom is 0.232 e. The van der Waals surface area contributed by atoms with Gasteiger partial charge in [0.25, 0.3) is 0 Å². The monoisotopic (exact) mass is 393 g/mol. The molecule has 3 aromatic rings. The van der Waals surface area contributed by atoms with E-state index in [1.807, 2.05) is 47.0 Å². The molecular weight excluding hydrogens is 370 g/mol. The predicted molar refractivity (Wildman–Crippen MR) is 112 cm³/mol. The van der Waals surface area contributed by atoms with Gasteiger partial charge in [-0.3, -0.25) is 4.72 Å². The van der Waals surface area contributed by atoms with Crippen LogP contribution in [0.5, 0.6) is 0 Å². The summed E-state index contributed by atoms with van der Waals surface area (Å²) in [7, 11) is -3.29. The van der Waals surface area contributed by atoms with Crippen molar-refractivity contribution in [2.45, 2.75) is 26.3 Å².